The highest BCUT2D eigenvalue weighted by Gasteiger charge is 2.07. The van der Waals surface area contributed by atoms with E-state index in [1.54, 1.807) is 0 Å². The Bertz CT molecular complexity index is 335. The first kappa shape index (κ1) is 17.2. The summed E-state index contributed by atoms with van der Waals surface area (Å²) in [5.41, 5.74) is 2.78. The maximum atomic E-state index is 3.78. The number of unbranched alkanes of at least 4 members (excludes halogenated alkanes) is 4. The van der Waals surface area contributed by atoms with E-state index >= 15 is 0 Å². The molecule has 0 radical (unpaired) electrons. The van der Waals surface area contributed by atoms with Crippen molar-refractivity contribution in [3.8, 4) is 0 Å². The van der Waals surface area contributed by atoms with Gasteiger partial charge in [-0.25, -0.2) is 0 Å². The molecule has 0 aromatic heterocycles. The van der Waals surface area contributed by atoms with Gasteiger partial charge in [0.1, 0.15) is 0 Å². The number of hydrogen-bond donors (Lipinski definition) is 1. The number of benzene rings is 1. The molecule has 0 aliphatic heterocycles. The molecule has 1 aromatic rings. The largest absolute Gasteiger partial charge is 0.310 e. The quantitative estimate of drug-likeness (QED) is 0.517. The van der Waals surface area contributed by atoms with E-state index in [2.05, 4.69) is 50.4 Å². The Balaban J connectivity index is 2.37. The molecule has 1 rings (SSSR count). The molecule has 0 saturated heterocycles. The normalized spacial score (nSPS) is 11.2. The summed E-state index contributed by atoms with van der Waals surface area (Å²) in [5, 5.41) is 3.78. The van der Waals surface area contributed by atoms with Gasteiger partial charge < -0.3 is 5.32 Å². The topological polar surface area (TPSA) is 12.0 Å². The standard InChI is InChI=1S/C19H33N/c1-4-6-8-13-19(14-9-7-5-2)20-16-18-12-10-11-17(3)15-18/h10-12,15,19-20H,4-9,13-14,16H2,1-3H3. The molecule has 0 heterocycles. The molecule has 1 aromatic carbocycles. The van der Waals surface area contributed by atoms with Gasteiger partial charge in [-0.2, -0.15) is 0 Å². The Hall–Kier alpha value is -0.820. The Morgan fingerprint density at radius 2 is 1.60 bits per heavy atom. The highest BCUT2D eigenvalue weighted by Crippen LogP contribution is 2.12. The van der Waals surface area contributed by atoms with Crippen molar-refractivity contribution in [3.05, 3.63) is 35.4 Å². The second-order valence-corrected chi connectivity index (χ2v) is 6.06. The van der Waals surface area contributed by atoms with Gasteiger partial charge in [0.2, 0.25) is 0 Å². The molecule has 1 heteroatoms. The van der Waals surface area contributed by atoms with Crippen LogP contribution < -0.4 is 5.32 Å². The van der Waals surface area contributed by atoms with Crippen molar-refractivity contribution >= 4 is 0 Å². The summed E-state index contributed by atoms with van der Waals surface area (Å²) >= 11 is 0. The number of nitrogens with one attached hydrogen (secondary N) is 1. The summed E-state index contributed by atoms with van der Waals surface area (Å²) < 4.78 is 0. The van der Waals surface area contributed by atoms with Crippen LogP contribution in [0, 0.1) is 6.92 Å². The maximum absolute atomic E-state index is 3.78. The average molecular weight is 275 g/mol. The van der Waals surface area contributed by atoms with E-state index in [-0.39, 0.29) is 0 Å². The van der Waals surface area contributed by atoms with E-state index in [9.17, 15) is 0 Å². The lowest BCUT2D eigenvalue weighted by atomic mass is 10.0. The molecule has 0 fully saturated rings. The molecule has 0 saturated carbocycles. The zero-order valence-corrected chi connectivity index (χ0v) is 13.8. The van der Waals surface area contributed by atoms with Crippen LogP contribution in [0.25, 0.3) is 0 Å². The van der Waals surface area contributed by atoms with E-state index in [0.29, 0.717) is 6.04 Å². The first-order chi connectivity index (χ1) is 9.76. The van der Waals surface area contributed by atoms with Gasteiger partial charge in [0.15, 0.2) is 0 Å². The SMILES string of the molecule is CCCCCC(CCCCC)NCc1cccc(C)c1. The van der Waals surface area contributed by atoms with Crippen molar-refractivity contribution < 1.29 is 0 Å². The molecular formula is C19H33N. The van der Waals surface area contributed by atoms with Crippen LogP contribution in [0.15, 0.2) is 24.3 Å². The Labute approximate surface area is 126 Å². The molecule has 20 heavy (non-hydrogen) atoms. The van der Waals surface area contributed by atoms with Crippen LogP contribution >= 0.6 is 0 Å². The van der Waals surface area contributed by atoms with Crippen molar-refractivity contribution in [1.29, 1.82) is 0 Å². The summed E-state index contributed by atoms with van der Waals surface area (Å²) in [6, 6.07) is 9.56. The second-order valence-electron chi connectivity index (χ2n) is 6.06. The van der Waals surface area contributed by atoms with Gasteiger partial charge in [-0.05, 0) is 25.3 Å². The Morgan fingerprint density at radius 3 is 2.15 bits per heavy atom. The van der Waals surface area contributed by atoms with E-state index in [1.165, 1.54) is 62.5 Å². The molecule has 114 valence electrons. The first-order valence-corrected chi connectivity index (χ1v) is 8.55. The number of aryl methyl sites for hydroxylation is 1. The van der Waals surface area contributed by atoms with E-state index in [4.69, 9.17) is 0 Å². The third-order valence-corrected chi connectivity index (χ3v) is 3.99. The minimum absolute atomic E-state index is 0.702. The minimum Gasteiger partial charge on any atom is -0.310 e. The van der Waals surface area contributed by atoms with Gasteiger partial charge in [0, 0.05) is 12.6 Å². The van der Waals surface area contributed by atoms with Crippen LogP contribution in [0.4, 0.5) is 0 Å². The molecule has 0 aliphatic carbocycles. The first-order valence-electron chi connectivity index (χ1n) is 8.55. The Morgan fingerprint density at radius 1 is 0.950 bits per heavy atom. The maximum Gasteiger partial charge on any atom is 0.0208 e. The summed E-state index contributed by atoms with van der Waals surface area (Å²) in [5.74, 6) is 0. The van der Waals surface area contributed by atoms with Gasteiger partial charge in [0.25, 0.3) is 0 Å². The van der Waals surface area contributed by atoms with Crippen LogP contribution in [-0.4, -0.2) is 6.04 Å². The van der Waals surface area contributed by atoms with Crippen LogP contribution in [0.5, 0.6) is 0 Å². The van der Waals surface area contributed by atoms with Gasteiger partial charge in [-0.15, -0.1) is 0 Å². The smallest absolute Gasteiger partial charge is 0.0208 e. The molecule has 0 bridgehead atoms. The van der Waals surface area contributed by atoms with Crippen LogP contribution in [0.1, 0.15) is 76.3 Å². The Kier molecular flexibility index (Phi) is 9.40. The fraction of sp³-hybridized carbons (Fsp3) is 0.684. The number of hydrogen-bond acceptors (Lipinski definition) is 1. The van der Waals surface area contributed by atoms with Gasteiger partial charge in [-0.1, -0.05) is 82.2 Å². The molecule has 0 atom stereocenters. The molecule has 1 nitrogen and oxygen atoms in total. The van der Waals surface area contributed by atoms with Crippen molar-refractivity contribution in [2.24, 2.45) is 0 Å². The zero-order valence-electron chi connectivity index (χ0n) is 13.8. The van der Waals surface area contributed by atoms with Crippen LogP contribution in [-0.2, 0) is 6.54 Å². The average Bonchev–Trinajstić information content (AvgIpc) is 2.44. The molecule has 0 spiro atoms. The van der Waals surface area contributed by atoms with Crippen molar-refractivity contribution in [1.82, 2.24) is 5.32 Å². The van der Waals surface area contributed by atoms with E-state index in [1.807, 2.05) is 0 Å². The van der Waals surface area contributed by atoms with Gasteiger partial charge in [-0.3, -0.25) is 0 Å². The summed E-state index contributed by atoms with van der Waals surface area (Å²) in [6.45, 7) is 7.76. The van der Waals surface area contributed by atoms with Crippen molar-refractivity contribution in [2.45, 2.75) is 84.7 Å². The molecule has 1 N–H and O–H groups in total. The van der Waals surface area contributed by atoms with E-state index < -0.39 is 0 Å². The summed E-state index contributed by atoms with van der Waals surface area (Å²) in [6.07, 6.45) is 10.8. The molecule has 0 unspecified atom stereocenters. The van der Waals surface area contributed by atoms with Crippen molar-refractivity contribution in [3.63, 3.8) is 0 Å². The monoisotopic (exact) mass is 275 g/mol. The van der Waals surface area contributed by atoms with Crippen molar-refractivity contribution in [2.75, 3.05) is 0 Å². The van der Waals surface area contributed by atoms with Crippen LogP contribution in [0.2, 0.25) is 0 Å². The second kappa shape index (κ2) is 10.9. The molecule has 0 amide bonds. The summed E-state index contributed by atoms with van der Waals surface area (Å²) in [4.78, 5) is 0. The third kappa shape index (κ3) is 7.69. The predicted molar refractivity (Wildman–Crippen MR) is 90.1 cm³/mol. The lowest BCUT2D eigenvalue weighted by Gasteiger charge is -2.19. The van der Waals surface area contributed by atoms with E-state index in [0.717, 1.165) is 6.54 Å². The minimum atomic E-state index is 0.702. The van der Waals surface area contributed by atoms with Crippen LogP contribution in [0.3, 0.4) is 0 Å². The fourth-order valence-electron chi connectivity index (χ4n) is 2.71. The van der Waals surface area contributed by atoms with Gasteiger partial charge >= 0.3 is 0 Å². The lowest BCUT2D eigenvalue weighted by molar-refractivity contribution is 0.417. The zero-order chi connectivity index (χ0) is 14.6. The number of rotatable bonds is 11. The predicted octanol–water partition coefficient (Wildman–Crippen LogP) is 5.61. The van der Waals surface area contributed by atoms with Gasteiger partial charge in [0.05, 0.1) is 0 Å². The molecule has 0 aliphatic rings. The lowest BCUT2D eigenvalue weighted by Crippen LogP contribution is -2.28. The fourth-order valence-corrected chi connectivity index (χ4v) is 2.71. The highest BCUT2D eigenvalue weighted by atomic mass is 14.9. The third-order valence-electron chi connectivity index (χ3n) is 3.99. The molecular weight excluding hydrogens is 242 g/mol. The summed E-state index contributed by atoms with van der Waals surface area (Å²) in [7, 11) is 0. The highest BCUT2D eigenvalue weighted by molar-refractivity contribution is 5.22.